The van der Waals surface area contributed by atoms with Crippen molar-refractivity contribution in [3.63, 3.8) is 0 Å². The summed E-state index contributed by atoms with van der Waals surface area (Å²) in [5.74, 6) is -1.57. The van der Waals surface area contributed by atoms with E-state index in [1.54, 1.807) is 36.1 Å². The summed E-state index contributed by atoms with van der Waals surface area (Å²) in [5.41, 5.74) is 1.21. The van der Waals surface area contributed by atoms with E-state index in [-0.39, 0.29) is 43.2 Å². The standard InChI is InChI=1S/C28H38N4O9/c1-18(14-24(34)21-7-5-20(6-8-21)15-30-27(36)39-17-29)25(35)31-12-9-23(10-13-31)41-26(40-19(2)33)22-4-3-11-32(16-22)28(37)38/h5-8,17-18,22-23,26,29H,3-4,9-16H2,1-2H3,(H,30,36)(H,37,38)/t18-,22?,26?/m1/s1. The number of esters is 1. The fourth-order valence-corrected chi connectivity index (χ4v) is 5.08. The molecule has 2 saturated heterocycles. The number of nitrogens with zero attached hydrogens (tertiary/aromatic N) is 2. The van der Waals surface area contributed by atoms with Gasteiger partial charge in [0, 0.05) is 63.5 Å². The number of benzene rings is 1. The van der Waals surface area contributed by atoms with E-state index in [2.05, 4.69) is 10.1 Å². The van der Waals surface area contributed by atoms with Crippen molar-refractivity contribution < 1.29 is 43.3 Å². The molecule has 3 amide bonds. The number of piperidine rings is 2. The van der Waals surface area contributed by atoms with E-state index in [1.807, 2.05) is 0 Å². The average molecular weight is 575 g/mol. The van der Waals surface area contributed by atoms with Gasteiger partial charge in [-0.3, -0.25) is 19.8 Å². The van der Waals surface area contributed by atoms with Crippen LogP contribution in [0.25, 0.3) is 0 Å². The van der Waals surface area contributed by atoms with Crippen LogP contribution in [0.2, 0.25) is 0 Å². The van der Waals surface area contributed by atoms with Gasteiger partial charge in [0.1, 0.15) is 0 Å². The third-order valence-electron chi connectivity index (χ3n) is 7.27. The molecule has 2 aliphatic heterocycles. The van der Waals surface area contributed by atoms with Gasteiger partial charge in [-0.1, -0.05) is 31.2 Å². The van der Waals surface area contributed by atoms with E-state index < -0.39 is 30.4 Å². The number of ether oxygens (including phenoxy) is 3. The van der Waals surface area contributed by atoms with Crippen LogP contribution in [0.5, 0.6) is 0 Å². The molecule has 3 atom stereocenters. The largest absolute Gasteiger partial charge is 0.465 e. The first kappa shape index (κ1) is 31.5. The summed E-state index contributed by atoms with van der Waals surface area (Å²) < 4.78 is 15.9. The molecule has 0 bridgehead atoms. The highest BCUT2D eigenvalue weighted by Gasteiger charge is 2.35. The van der Waals surface area contributed by atoms with Gasteiger partial charge in [-0.15, -0.1) is 0 Å². The number of ketones is 1. The highest BCUT2D eigenvalue weighted by Crippen LogP contribution is 2.27. The van der Waals surface area contributed by atoms with Gasteiger partial charge in [-0.25, -0.2) is 9.59 Å². The first-order chi connectivity index (χ1) is 19.6. The fourth-order valence-electron chi connectivity index (χ4n) is 5.08. The van der Waals surface area contributed by atoms with Crippen molar-refractivity contribution in [2.45, 2.75) is 64.9 Å². The maximum absolute atomic E-state index is 13.1. The number of carbonyl (C=O) groups is 5. The number of hydrogen-bond acceptors (Lipinski definition) is 9. The summed E-state index contributed by atoms with van der Waals surface area (Å²) >= 11 is 0. The minimum absolute atomic E-state index is 0.0504. The lowest BCUT2D eigenvalue weighted by Gasteiger charge is -2.38. The first-order valence-corrected chi connectivity index (χ1v) is 13.7. The predicted octanol–water partition coefficient (Wildman–Crippen LogP) is 3.02. The summed E-state index contributed by atoms with van der Waals surface area (Å²) in [7, 11) is 0. The SMILES string of the molecule is CC(=O)OC(OC1CCN(C(=O)[C@H](C)CC(=O)c2ccc(CNC(=O)OC=N)cc2)CC1)C1CCCN(C(=O)O)C1. The molecule has 2 heterocycles. The second-order valence-electron chi connectivity index (χ2n) is 10.4. The predicted molar refractivity (Wildman–Crippen MR) is 145 cm³/mol. The maximum Gasteiger partial charge on any atom is 0.413 e. The molecule has 2 fully saturated rings. The molecule has 0 spiro atoms. The first-order valence-electron chi connectivity index (χ1n) is 13.7. The fraction of sp³-hybridized carbons (Fsp3) is 0.571. The maximum atomic E-state index is 13.1. The number of nitrogens with one attached hydrogen (secondary N) is 2. The van der Waals surface area contributed by atoms with Crippen LogP contribution in [-0.4, -0.2) is 89.7 Å². The van der Waals surface area contributed by atoms with E-state index >= 15 is 0 Å². The highest BCUT2D eigenvalue weighted by molar-refractivity contribution is 5.98. The highest BCUT2D eigenvalue weighted by atomic mass is 16.7. The van der Waals surface area contributed by atoms with Crippen LogP contribution in [0.3, 0.4) is 0 Å². The molecule has 13 nitrogen and oxygen atoms in total. The van der Waals surface area contributed by atoms with E-state index in [4.69, 9.17) is 14.9 Å². The van der Waals surface area contributed by atoms with E-state index in [1.165, 1.54) is 11.8 Å². The molecule has 2 aliphatic rings. The topological polar surface area (TPSA) is 176 Å². The van der Waals surface area contributed by atoms with Gasteiger partial charge in [-0.05, 0) is 31.2 Å². The van der Waals surface area contributed by atoms with Crippen LogP contribution in [0.4, 0.5) is 9.59 Å². The number of likely N-dealkylation sites (tertiary alicyclic amines) is 2. The zero-order chi connectivity index (χ0) is 29.9. The molecule has 0 aliphatic carbocycles. The van der Waals surface area contributed by atoms with Gasteiger partial charge in [0.15, 0.2) is 12.2 Å². The Morgan fingerprint density at radius 3 is 2.37 bits per heavy atom. The van der Waals surface area contributed by atoms with Crippen LogP contribution < -0.4 is 5.32 Å². The molecule has 0 aromatic heterocycles. The molecule has 1 aromatic carbocycles. The van der Waals surface area contributed by atoms with Gasteiger partial charge < -0.3 is 34.4 Å². The summed E-state index contributed by atoms with van der Waals surface area (Å²) in [6.07, 6.45) is 0.132. The lowest BCUT2D eigenvalue weighted by molar-refractivity contribution is -0.211. The van der Waals surface area contributed by atoms with Crippen molar-refractivity contribution in [1.82, 2.24) is 15.1 Å². The number of alkyl carbamates (subject to hydrolysis) is 1. The van der Waals surface area contributed by atoms with E-state index in [0.29, 0.717) is 57.3 Å². The Morgan fingerprint density at radius 1 is 1.07 bits per heavy atom. The third-order valence-corrected chi connectivity index (χ3v) is 7.27. The number of amides is 3. The smallest absolute Gasteiger partial charge is 0.413 e. The van der Waals surface area contributed by atoms with Crippen LogP contribution >= 0.6 is 0 Å². The summed E-state index contributed by atoms with van der Waals surface area (Å²) in [6.45, 7) is 4.74. The Hall–Kier alpha value is -4.00. The number of carbonyl (C=O) groups excluding carboxylic acids is 4. The van der Waals surface area contributed by atoms with Gasteiger partial charge in [-0.2, -0.15) is 0 Å². The Kier molecular flexibility index (Phi) is 11.6. The van der Waals surface area contributed by atoms with Gasteiger partial charge in [0.25, 0.3) is 0 Å². The lowest BCUT2D eigenvalue weighted by atomic mass is 9.96. The molecule has 41 heavy (non-hydrogen) atoms. The molecule has 0 radical (unpaired) electrons. The van der Waals surface area contributed by atoms with Gasteiger partial charge >= 0.3 is 18.2 Å². The van der Waals surface area contributed by atoms with Crippen molar-refractivity contribution in [3.8, 4) is 0 Å². The summed E-state index contributed by atoms with van der Waals surface area (Å²) in [4.78, 5) is 63.3. The molecule has 3 rings (SSSR count). The second kappa shape index (κ2) is 15.1. The van der Waals surface area contributed by atoms with Gasteiger partial charge in [0.05, 0.1) is 6.10 Å². The Balaban J connectivity index is 1.47. The number of rotatable bonds is 11. The summed E-state index contributed by atoms with van der Waals surface area (Å²) in [5, 5.41) is 18.6. The number of carboxylic acid groups (broad SMARTS) is 1. The van der Waals surface area contributed by atoms with Crippen LogP contribution in [0.15, 0.2) is 24.3 Å². The van der Waals surface area contributed by atoms with Gasteiger partial charge in [0.2, 0.25) is 12.2 Å². The quantitative estimate of drug-likeness (QED) is 0.118. The average Bonchev–Trinajstić information content (AvgIpc) is 2.96. The number of hydrogen-bond donors (Lipinski definition) is 3. The third kappa shape index (κ3) is 9.55. The molecule has 224 valence electrons. The minimum Gasteiger partial charge on any atom is -0.465 e. The molecule has 13 heteroatoms. The Morgan fingerprint density at radius 2 is 1.76 bits per heavy atom. The lowest BCUT2D eigenvalue weighted by Crippen LogP contribution is -2.48. The normalized spacial score (nSPS) is 19.0. The second-order valence-corrected chi connectivity index (χ2v) is 10.4. The van der Waals surface area contributed by atoms with Crippen molar-refractivity contribution in [2.24, 2.45) is 11.8 Å². The molecule has 3 N–H and O–H groups in total. The molecular weight excluding hydrogens is 536 g/mol. The number of Topliss-reactive ketones (excluding diaryl/α,β-unsaturated/α-hetero) is 1. The summed E-state index contributed by atoms with van der Waals surface area (Å²) in [6, 6.07) is 6.68. The molecule has 1 aromatic rings. The molecular formula is C28H38N4O9. The van der Waals surface area contributed by atoms with Crippen molar-refractivity contribution in [3.05, 3.63) is 35.4 Å². The minimum atomic E-state index is -1.01. The van der Waals surface area contributed by atoms with Crippen molar-refractivity contribution >= 4 is 36.2 Å². The van der Waals surface area contributed by atoms with Crippen LogP contribution in [0.1, 0.15) is 61.9 Å². The van der Waals surface area contributed by atoms with Crippen molar-refractivity contribution in [2.75, 3.05) is 26.2 Å². The molecule has 0 saturated carbocycles. The van der Waals surface area contributed by atoms with Crippen molar-refractivity contribution in [1.29, 1.82) is 5.41 Å². The van der Waals surface area contributed by atoms with E-state index in [0.717, 1.165) is 5.56 Å². The zero-order valence-electron chi connectivity index (χ0n) is 23.4. The Bertz CT molecular complexity index is 1100. The Labute approximate surface area is 238 Å². The van der Waals surface area contributed by atoms with Crippen LogP contribution in [-0.2, 0) is 30.3 Å². The van der Waals surface area contributed by atoms with Crippen LogP contribution in [0, 0.1) is 17.2 Å². The monoisotopic (exact) mass is 574 g/mol. The van der Waals surface area contributed by atoms with E-state index in [9.17, 15) is 29.1 Å². The molecule has 2 unspecified atom stereocenters. The zero-order valence-corrected chi connectivity index (χ0v) is 23.4.